The Balaban J connectivity index is 0.00000225. The zero-order valence-corrected chi connectivity index (χ0v) is 17.8. The van der Waals surface area contributed by atoms with Crippen LogP contribution in [0.2, 0.25) is 0 Å². The number of fused-ring (bicyclic) bond motifs is 1. The van der Waals surface area contributed by atoms with Crippen LogP contribution in [0.5, 0.6) is 0 Å². The number of aliphatic hydroxyl groups is 2. The Hall–Kier alpha value is -2.11. The summed E-state index contributed by atoms with van der Waals surface area (Å²) in [6.07, 6.45) is 5.44. The van der Waals surface area contributed by atoms with Gasteiger partial charge in [0.2, 0.25) is 5.95 Å². The molecule has 2 aromatic heterocycles. The van der Waals surface area contributed by atoms with Crippen molar-refractivity contribution in [2.24, 2.45) is 0 Å². The van der Waals surface area contributed by atoms with Crippen LogP contribution < -0.4 is 16.6 Å². The summed E-state index contributed by atoms with van der Waals surface area (Å²) in [6, 6.07) is -0.412. The van der Waals surface area contributed by atoms with Crippen molar-refractivity contribution < 1.29 is 20.1 Å². The van der Waals surface area contributed by atoms with Gasteiger partial charge in [0.1, 0.15) is 11.8 Å². The quantitative estimate of drug-likeness (QED) is 0.231. The zero-order chi connectivity index (χ0) is 20.3. The van der Waals surface area contributed by atoms with Crippen molar-refractivity contribution in [3.8, 4) is 0 Å². The van der Waals surface area contributed by atoms with Crippen molar-refractivity contribution in [1.82, 2.24) is 19.9 Å². The summed E-state index contributed by atoms with van der Waals surface area (Å²) < 4.78 is 1.88. The van der Waals surface area contributed by atoms with Crippen molar-refractivity contribution in [3.05, 3.63) is 34.3 Å². The van der Waals surface area contributed by atoms with E-state index in [0.29, 0.717) is 36.1 Å². The number of aliphatic carboxylic acids is 1. The molecule has 3 atom stereocenters. The number of carboxylic acid groups (broad SMARTS) is 1. The minimum absolute atomic E-state index is 0. The lowest BCUT2D eigenvalue weighted by molar-refractivity contribution is -0.137. The van der Waals surface area contributed by atoms with Crippen LogP contribution in [0.25, 0.3) is 11.0 Å². The van der Waals surface area contributed by atoms with Gasteiger partial charge in [-0.3, -0.25) is 9.59 Å². The standard InChI is InChI=1S/C18H25N5O5.2ClH/c19-18-21-16-14(17(28)22-18)10(8-20-11-5-6-12(24)15(11)27)9-23(16)7-3-1-2-4-13(25)26;;/h5-6,9,11-12,15,20,24,27H,1-4,7-8H2,(H,25,26)(H3,19,21,22,28);2*1H/t11-,12-,15+;;/m0../s1. The van der Waals surface area contributed by atoms with Gasteiger partial charge in [0.15, 0.2) is 0 Å². The molecule has 3 rings (SSSR count). The van der Waals surface area contributed by atoms with Crippen LogP contribution in [-0.2, 0) is 17.9 Å². The molecule has 0 aromatic carbocycles. The molecule has 7 N–H and O–H groups in total. The van der Waals surface area contributed by atoms with E-state index in [9.17, 15) is 19.8 Å². The molecule has 0 unspecified atom stereocenters. The van der Waals surface area contributed by atoms with Crippen molar-refractivity contribution in [2.45, 2.75) is 57.0 Å². The fourth-order valence-electron chi connectivity index (χ4n) is 3.44. The Morgan fingerprint density at radius 1 is 1.23 bits per heavy atom. The summed E-state index contributed by atoms with van der Waals surface area (Å²) in [6.45, 7) is 0.899. The number of nitrogens with two attached hydrogens (primary N) is 1. The highest BCUT2D eigenvalue weighted by atomic mass is 35.5. The molecule has 0 aliphatic heterocycles. The van der Waals surface area contributed by atoms with Gasteiger partial charge in [-0.15, -0.1) is 24.8 Å². The van der Waals surface area contributed by atoms with Gasteiger partial charge in [-0.2, -0.15) is 4.98 Å². The number of aromatic nitrogens is 3. The fraction of sp³-hybridized carbons (Fsp3) is 0.500. The SMILES string of the molecule is Cl.Cl.Nc1nc(=O)c2c(CN[C@H]3C=C[C@H](O)[C@@H]3O)cn(CCCCCC(=O)O)c2[nH]1. The van der Waals surface area contributed by atoms with Gasteiger partial charge in [0, 0.05) is 25.7 Å². The summed E-state index contributed by atoms with van der Waals surface area (Å²) >= 11 is 0. The molecule has 1 aliphatic carbocycles. The molecule has 0 amide bonds. The summed E-state index contributed by atoms with van der Waals surface area (Å²) in [7, 11) is 0. The second kappa shape index (κ2) is 11.3. The minimum Gasteiger partial charge on any atom is -0.481 e. The molecule has 10 nitrogen and oxygen atoms in total. The first kappa shape index (κ1) is 25.9. The largest absolute Gasteiger partial charge is 0.481 e. The van der Waals surface area contributed by atoms with E-state index in [1.807, 2.05) is 10.8 Å². The van der Waals surface area contributed by atoms with Crippen LogP contribution >= 0.6 is 24.8 Å². The number of rotatable bonds is 9. The number of carboxylic acids is 1. The number of nitrogens with one attached hydrogen (secondary N) is 2. The molecule has 1 aliphatic rings. The van der Waals surface area contributed by atoms with Crippen molar-refractivity contribution in [3.63, 3.8) is 0 Å². The van der Waals surface area contributed by atoms with Gasteiger partial charge in [-0.05, 0) is 18.4 Å². The maximum Gasteiger partial charge on any atom is 0.303 e. The fourth-order valence-corrected chi connectivity index (χ4v) is 3.44. The van der Waals surface area contributed by atoms with Crippen LogP contribution in [-0.4, -0.2) is 54.1 Å². The normalized spacial score (nSPS) is 20.1. The first-order valence-electron chi connectivity index (χ1n) is 9.24. The number of aryl methyl sites for hydroxylation is 1. The highest BCUT2D eigenvalue weighted by Crippen LogP contribution is 2.19. The summed E-state index contributed by atoms with van der Waals surface area (Å²) in [5.41, 5.74) is 6.52. The van der Waals surface area contributed by atoms with Crippen LogP contribution in [0.3, 0.4) is 0 Å². The Kier molecular flexibility index (Phi) is 9.79. The first-order valence-corrected chi connectivity index (χ1v) is 9.24. The molecule has 0 spiro atoms. The predicted octanol–water partition coefficient (Wildman–Crippen LogP) is 0.545. The van der Waals surface area contributed by atoms with Crippen molar-refractivity contribution >= 4 is 47.8 Å². The number of anilines is 1. The smallest absolute Gasteiger partial charge is 0.303 e. The van der Waals surface area contributed by atoms with Gasteiger partial charge >= 0.3 is 5.97 Å². The van der Waals surface area contributed by atoms with E-state index < -0.39 is 29.8 Å². The summed E-state index contributed by atoms with van der Waals surface area (Å²) in [5, 5.41) is 31.8. The van der Waals surface area contributed by atoms with Crippen LogP contribution in [0.1, 0.15) is 31.2 Å². The van der Waals surface area contributed by atoms with E-state index in [4.69, 9.17) is 10.8 Å². The minimum atomic E-state index is -0.936. The average molecular weight is 464 g/mol. The lowest BCUT2D eigenvalue weighted by atomic mass is 10.1. The first-order chi connectivity index (χ1) is 13.4. The number of carbonyl (C=O) groups is 1. The van der Waals surface area contributed by atoms with Crippen molar-refractivity contribution in [2.75, 3.05) is 5.73 Å². The van der Waals surface area contributed by atoms with Gasteiger partial charge in [-0.1, -0.05) is 18.6 Å². The van der Waals surface area contributed by atoms with Crippen LogP contribution in [0, 0.1) is 0 Å². The van der Waals surface area contributed by atoms with Gasteiger partial charge < -0.3 is 35.9 Å². The van der Waals surface area contributed by atoms with E-state index >= 15 is 0 Å². The number of unbranched alkanes of at least 4 members (excludes halogenated alkanes) is 2. The highest BCUT2D eigenvalue weighted by Gasteiger charge is 2.28. The molecular formula is C18H27Cl2N5O5. The molecule has 0 saturated carbocycles. The van der Waals surface area contributed by atoms with Gasteiger partial charge in [0.05, 0.1) is 17.5 Å². The van der Waals surface area contributed by atoms with E-state index in [1.165, 1.54) is 6.08 Å². The highest BCUT2D eigenvalue weighted by molar-refractivity contribution is 5.85. The van der Waals surface area contributed by atoms with Crippen molar-refractivity contribution in [1.29, 1.82) is 0 Å². The summed E-state index contributed by atoms with van der Waals surface area (Å²) in [4.78, 5) is 29.7. The number of nitrogens with zero attached hydrogens (tertiary/aromatic N) is 2. The zero-order valence-electron chi connectivity index (χ0n) is 16.2. The lowest BCUT2D eigenvalue weighted by Crippen LogP contribution is -2.40. The monoisotopic (exact) mass is 463 g/mol. The Morgan fingerprint density at radius 3 is 2.60 bits per heavy atom. The molecule has 0 bridgehead atoms. The Bertz CT molecular complexity index is 945. The lowest BCUT2D eigenvalue weighted by Gasteiger charge is -2.17. The number of H-pyrrole nitrogens is 1. The van der Waals surface area contributed by atoms with Gasteiger partial charge in [0.25, 0.3) is 5.56 Å². The molecule has 0 radical (unpaired) electrons. The number of hydrogen-bond donors (Lipinski definition) is 6. The molecule has 2 aromatic rings. The second-order valence-corrected chi connectivity index (χ2v) is 6.98. The van der Waals surface area contributed by atoms with E-state index in [-0.39, 0.29) is 37.2 Å². The van der Waals surface area contributed by atoms with Crippen LogP contribution in [0.15, 0.2) is 23.1 Å². The van der Waals surface area contributed by atoms with Gasteiger partial charge in [-0.25, -0.2) is 0 Å². The second-order valence-electron chi connectivity index (χ2n) is 6.98. The molecule has 0 saturated heterocycles. The number of nitrogen functional groups attached to an aromatic ring is 1. The summed E-state index contributed by atoms with van der Waals surface area (Å²) in [5.74, 6) is -0.782. The Labute approximate surface area is 185 Å². The predicted molar refractivity (Wildman–Crippen MR) is 117 cm³/mol. The Morgan fingerprint density at radius 2 is 1.97 bits per heavy atom. The van der Waals surface area contributed by atoms with E-state index in [2.05, 4.69) is 15.3 Å². The number of aromatic amines is 1. The van der Waals surface area contributed by atoms with Crippen LogP contribution in [0.4, 0.5) is 5.95 Å². The molecule has 12 heteroatoms. The molecule has 0 fully saturated rings. The third kappa shape index (κ3) is 5.96. The van der Waals surface area contributed by atoms with E-state index in [1.54, 1.807) is 6.08 Å². The number of hydrogen-bond acceptors (Lipinski definition) is 7. The maximum absolute atomic E-state index is 12.4. The molecule has 2 heterocycles. The molecule has 30 heavy (non-hydrogen) atoms. The number of halogens is 2. The third-order valence-electron chi connectivity index (χ3n) is 4.89. The maximum atomic E-state index is 12.4. The third-order valence-corrected chi connectivity index (χ3v) is 4.89. The van der Waals surface area contributed by atoms with E-state index in [0.717, 1.165) is 12.8 Å². The molecular weight excluding hydrogens is 437 g/mol. The molecule has 168 valence electrons. The number of aliphatic hydroxyl groups excluding tert-OH is 2. The average Bonchev–Trinajstić information content (AvgIpc) is 3.13. The topological polar surface area (TPSA) is 166 Å².